The highest BCUT2D eigenvalue weighted by molar-refractivity contribution is 5.13. The van der Waals surface area contributed by atoms with Gasteiger partial charge in [0.25, 0.3) is 5.56 Å². The molecule has 9 nitrogen and oxygen atoms in total. The Bertz CT molecular complexity index is 539. The van der Waals surface area contributed by atoms with E-state index in [0.29, 0.717) is 0 Å². The van der Waals surface area contributed by atoms with Crippen LogP contribution in [-0.2, 0) is 14.5 Å². The minimum absolute atomic E-state index is 0.0663. The Balaban J connectivity index is 2.36. The molecule has 1 saturated heterocycles. The lowest BCUT2D eigenvalue weighted by Gasteiger charge is -2.17. The van der Waals surface area contributed by atoms with Gasteiger partial charge in [0.05, 0.1) is 19.3 Å². The molecule has 4 atom stereocenters. The average Bonchev–Trinajstić information content (AvgIpc) is 2.68. The molecule has 1 aromatic heterocycles. The van der Waals surface area contributed by atoms with Crippen molar-refractivity contribution in [2.75, 3.05) is 13.7 Å². The van der Waals surface area contributed by atoms with Crippen LogP contribution in [-0.4, -0.2) is 52.2 Å². The molecular formula is C10H14N2O7. The van der Waals surface area contributed by atoms with Gasteiger partial charge in [0.2, 0.25) is 0 Å². The molecule has 4 N–H and O–H groups in total. The summed E-state index contributed by atoms with van der Waals surface area (Å²) in [5, 5.41) is 19.0. The maximum atomic E-state index is 11.7. The van der Waals surface area contributed by atoms with E-state index >= 15 is 0 Å². The van der Waals surface area contributed by atoms with E-state index in [4.69, 9.17) is 14.7 Å². The second kappa shape index (κ2) is 5.63. The average molecular weight is 274 g/mol. The first-order valence-corrected chi connectivity index (χ1v) is 5.54. The minimum atomic E-state index is -1.17. The summed E-state index contributed by atoms with van der Waals surface area (Å²) in [5.41, 5.74) is -1.25. The van der Waals surface area contributed by atoms with Gasteiger partial charge in [-0.3, -0.25) is 9.78 Å². The molecule has 1 aliphatic heterocycles. The van der Waals surface area contributed by atoms with Crippen molar-refractivity contribution < 1.29 is 24.7 Å². The van der Waals surface area contributed by atoms with Crippen LogP contribution < -0.4 is 11.2 Å². The zero-order chi connectivity index (χ0) is 14.0. The van der Waals surface area contributed by atoms with Crippen LogP contribution in [0.25, 0.3) is 0 Å². The van der Waals surface area contributed by atoms with Gasteiger partial charge >= 0.3 is 5.69 Å². The lowest BCUT2D eigenvalue weighted by molar-refractivity contribution is -0.322. The van der Waals surface area contributed by atoms with Crippen molar-refractivity contribution in [2.24, 2.45) is 0 Å². The predicted octanol–water partition coefficient (Wildman–Crippen LogP) is -2.20. The van der Waals surface area contributed by atoms with Crippen LogP contribution in [0.4, 0.5) is 0 Å². The van der Waals surface area contributed by atoms with Crippen molar-refractivity contribution in [1.29, 1.82) is 0 Å². The van der Waals surface area contributed by atoms with Gasteiger partial charge in [0, 0.05) is 6.20 Å². The molecule has 0 amide bonds. The van der Waals surface area contributed by atoms with Crippen molar-refractivity contribution in [3.8, 4) is 0 Å². The van der Waals surface area contributed by atoms with E-state index < -0.39 is 42.3 Å². The number of aliphatic hydroxyl groups excluding tert-OH is 2. The molecular weight excluding hydrogens is 260 g/mol. The summed E-state index contributed by atoms with van der Waals surface area (Å²) in [6.07, 6.45) is -2.86. The van der Waals surface area contributed by atoms with Crippen LogP contribution >= 0.6 is 0 Å². The normalized spacial score (nSPS) is 30.7. The molecule has 106 valence electrons. The first-order valence-electron chi connectivity index (χ1n) is 5.54. The highest BCUT2D eigenvalue weighted by Crippen LogP contribution is 2.33. The summed E-state index contributed by atoms with van der Waals surface area (Å²) in [6, 6.07) is 0. The highest BCUT2D eigenvalue weighted by Gasteiger charge is 2.46. The smallest absolute Gasteiger partial charge is 0.325 e. The van der Waals surface area contributed by atoms with Crippen LogP contribution in [0, 0.1) is 0 Å². The molecule has 1 aromatic rings. The Morgan fingerprint density at radius 1 is 1.47 bits per heavy atom. The Kier molecular flexibility index (Phi) is 4.12. The quantitative estimate of drug-likeness (QED) is 0.361. The third-order valence-electron chi connectivity index (χ3n) is 2.88. The van der Waals surface area contributed by atoms with Crippen LogP contribution in [0.15, 0.2) is 15.8 Å². The summed E-state index contributed by atoms with van der Waals surface area (Å²) in [7, 11) is 1.24. The number of hydrogen-bond acceptors (Lipinski definition) is 7. The predicted molar refractivity (Wildman–Crippen MR) is 60.3 cm³/mol. The van der Waals surface area contributed by atoms with Gasteiger partial charge < -0.3 is 19.9 Å². The van der Waals surface area contributed by atoms with Crippen LogP contribution in [0.2, 0.25) is 0 Å². The molecule has 0 bridgehead atoms. The van der Waals surface area contributed by atoms with Gasteiger partial charge in [-0.15, -0.1) is 0 Å². The van der Waals surface area contributed by atoms with Crippen LogP contribution in [0.3, 0.4) is 0 Å². The number of nitrogens with one attached hydrogen (secondary N) is 2. The van der Waals surface area contributed by atoms with Crippen molar-refractivity contribution in [2.45, 2.75) is 24.4 Å². The van der Waals surface area contributed by atoms with Crippen LogP contribution in [0.1, 0.15) is 11.7 Å². The minimum Gasteiger partial charge on any atom is -0.394 e. The Labute approximate surface area is 106 Å². The van der Waals surface area contributed by atoms with Gasteiger partial charge in [-0.25, -0.2) is 14.6 Å². The van der Waals surface area contributed by atoms with E-state index in [9.17, 15) is 14.7 Å². The van der Waals surface area contributed by atoms with Crippen molar-refractivity contribution in [3.05, 3.63) is 32.6 Å². The lowest BCUT2D eigenvalue weighted by atomic mass is 10.0. The number of H-pyrrole nitrogens is 2. The number of ether oxygens (including phenoxy) is 1. The largest absolute Gasteiger partial charge is 0.394 e. The molecule has 0 spiro atoms. The molecule has 0 saturated carbocycles. The number of aromatic amines is 2. The summed E-state index contributed by atoms with van der Waals surface area (Å²) in [5.74, 6) is 0. The fourth-order valence-corrected chi connectivity index (χ4v) is 1.99. The van der Waals surface area contributed by atoms with Gasteiger partial charge in [-0.1, -0.05) is 0 Å². The maximum Gasteiger partial charge on any atom is 0.325 e. The second-order valence-electron chi connectivity index (χ2n) is 4.02. The topological polar surface area (TPSA) is 134 Å². The number of hydrogen-bond donors (Lipinski definition) is 4. The summed E-state index contributed by atoms with van der Waals surface area (Å²) in [6.45, 7) is -0.442. The molecule has 2 heterocycles. The molecule has 0 radical (unpaired) electrons. The van der Waals surface area contributed by atoms with Crippen LogP contribution in [0.5, 0.6) is 0 Å². The van der Waals surface area contributed by atoms with Gasteiger partial charge in [-0.05, 0) is 0 Å². The molecule has 1 fully saturated rings. The van der Waals surface area contributed by atoms with Gasteiger partial charge in [0.15, 0.2) is 6.10 Å². The third kappa shape index (κ3) is 2.60. The zero-order valence-electron chi connectivity index (χ0n) is 10.0. The first-order chi connectivity index (χ1) is 9.08. The molecule has 0 unspecified atom stereocenters. The molecule has 0 aliphatic carbocycles. The van der Waals surface area contributed by atoms with Crippen molar-refractivity contribution in [3.63, 3.8) is 0 Å². The monoisotopic (exact) mass is 274 g/mol. The van der Waals surface area contributed by atoms with E-state index in [1.54, 1.807) is 0 Å². The van der Waals surface area contributed by atoms with E-state index in [0.717, 1.165) is 0 Å². The standard InChI is InChI=1S/C10H14N2O7/c1-17-19-8-6(14)5(3-13)18-7(8)4-2-11-10(16)12-9(4)15/h2,5-8,13-14H,3H2,1H3,(H2,11,12,15,16)/t5-,6-,7+,8-/m1/s1. The highest BCUT2D eigenvalue weighted by atomic mass is 17.2. The van der Waals surface area contributed by atoms with Crippen molar-refractivity contribution >= 4 is 0 Å². The summed E-state index contributed by atoms with van der Waals surface area (Å²) >= 11 is 0. The SMILES string of the molecule is COO[C@@H]1[C@H](O)[C@@H](CO)O[C@H]1c1c[nH]c(=O)[nH]c1=O. The van der Waals surface area contributed by atoms with E-state index in [-0.39, 0.29) is 5.56 Å². The molecule has 0 aromatic carbocycles. The Hall–Kier alpha value is -1.52. The molecule has 1 aliphatic rings. The van der Waals surface area contributed by atoms with E-state index in [2.05, 4.69) is 9.87 Å². The Morgan fingerprint density at radius 3 is 2.79 bits per heavy atom. The fourth-order valence-electron chi connectivity index (χ4n) is 1.99. The fraction of sp³-hybridized carbons (Fsp3) is 0.600. The molecule has 9 heteroatoms. The van der Waals surface area contributed by atoms with E-state index in [1.165, 1.54) is 13.3 Å². The van der Waals surface area contributed by atoms with Gasteiger partial charge in [-0.2, -0.15) is 0 Å². The Morgan fingerprint density at radius 2 is 2.21 bits per heavy atom. The van der Waals surface area contributed by atoms with Gasteiger partial charge in [0.1, 0.15) is 18.3 Å². The maximum absolute atomic E-state index is 11.7. The first kappa shape index (κ1) is 13.9. The number of rotatable bonds is 4. The van der Waals surface area contributed by atoms with Crippen molar-refractivity contribution in [1.82, 2.24) is 9.97 Å². The third-order valence-corrected chi connectivity index (χ3v) is 2.88. The molecule has 2 rings (SSSR count). The van der Waals surface area contributed by atoms with E-state index in [1.807, 2.05) is 4.98 Å². The number of aliphatic hydroxyl groups is 2. The summed E-state index contributed by atoms with van der Waals surface area (Å²) < 4.78 is 5.35. The second-order valence-corrected chi connectivity index (χ2v) is 4.02. The summed E-state index contributed by atoms with van der Waals surface area (Å²) in [4.78, 5) is 36.3. The molecule has 19 heavy (non-hydrogen) atoms. The zero-order valence-corrected chi connectivity index (χ0v) is 10.0. The number of aromatic nitrogens is 2. The lowest BCUT2D eigenvalue weighted by Crippen LogP contribution is -2.36.